The zero-order valence-corrected chi connectivity index (χ0v) is 15.2. The van der Waals surface area contributed by atoms with Gasteiger partial charge in [0, 0.05) is 43.4 Å². The molecule has 1 amide bonds. The molecule has 0 aliphatic heterocycles. The Morgan fingerprint density at radius 3 is 2.55 bits per heavy atom. The van der Waals surface area contributed by atoms with Crippen molar-refractivity contribution in [2.75, 3.05) is 0 Å². The number of carboxylic acid groups (broad SMARTS) is 1. The lowest BCUT2D eigenvalue weighted by Gasteiger charge is -2.06. The standard InChI is InChI=1S/C20H16N6O3/c27-18(22-8-13-1-3-14(4-2-13)19(28)29)15-9-23-20-25-17(11-26(20)10-15)7-16-5-6-21-12-24-16/h1-6,9-12H,7-8H2,(H,22,27)(H,28,29). The van der Waals surface area contributed by atoms with Crippen LogP contribution in [-0.4, -0.2) is 41.3 Å². The normalized spacial score (nSPS) is 10.8. The molecule has 4 rings (SSSR count). The maximum Gasteiger partial charge on any atom is 0.335 e. The van der Waals surface area contributed by atoms with E-state index in [9.17, 15) is 9.59 Å². The van der Waals surface area contributed by atoms with Gasteiger partial charge in [-0.3, -0.25) is 9.20 Å². The Bertz CT molecular complexity index is 1170. The van der Waals surface area contributed by atoms with Crippen LogP contribution < -0.4 is 5.32 Å². The third kappa shape index (κ3) is 4.24. The number of nitrogens with one attached hydrogen (secondary N) is 1. The maximum absolute atomic E-state index is 12.4. The van der Waals surface area contributed by atoms with Crippen LogP contribution in [0.2, 0.25) is 0 Å². The van der Waals surface area contributed by atoms with E-state index in [1.54, 1.807) is 28.9 Å². The molecular weight excluding hydrogens is 372 g/mol. The van der Waals surface area contributed by atoms with Crippen molar-refractivity contribution in [2.24, 2.45) is 0 Å². The highest BCUT2D eigenvalue weighted by molar-refractivity contribution is 5.93. The van der Waals surface area contributed by atoms with Crippen molar-refractivity contribution in [3.63, 3.8) is 0 Å². The lowest BCUT2D eigenvalue weighted by Crippen LogP contribution is -2.23. The maximum atomic E-state index is 12.4. The second-order valence-electron chi connectivity index (χ2n) is 6.34. The summed E-state index contributed by atoms with van der Waals surface area (Å²) >= 11 is 0. The van der Waals surface area contributed by atoms with Crippen LogP contribution in [0.5, 0.6) is 0 Å². The molecule has 0 bridgehead atoms. The summed E-state index contributed by atoms with van der Waals surface area (Å²) in [6, 6.07) is 8.16. The van der Waals surface area contributed by atoms with E-state index >= 15 is 0 Å². The molecule has 0 radical (unpaired) electrons. The van der Waals surface area contributed by atoms with Gasteiger partial charge in [0.05, 0.1) is 16.8 Å². The quantitative estimate of drug-likeness (QED) is 0.516. The topological polar surface area (TPSA) is 122 Å². The van der Waals surface area contributed by atoms with Crippen LogP contribution in [0.15, 0.2) is 61.4 Å². The first kappa shape index (κ1) is 18.2. The van der Waals surface area contributed by atoms with Gasteiger partial charge in [-0.05, 0) is 23.8 Å². The largest absolute Gasteiger partial charge is 0.478 e. The Hall–Kier alpha value is -4.14. The number of hydrogen-bond acceptors (Lipinski definition) is 6. The van der Waals surface area contributed by atoms with Gasteiger partial charge in [0.1, 0.15) is 6.33 Å². The van der Waals surface area contributed by atoms with Crippen LogP contribution in [0.1, 0.15) is 37.7 Å². The lowest BCUT2D eigenvalue weighted by molar-refractivity contribution is 0.0696. The van der Waals surface area contributed by atoms with E-state index in [-0.39, 0.29) is 18.0 Å². The molecule has 0 aliphatic rings. The van der Waals surface area contributed by atoms with E-state index in [0.29, 0.717) is 17.8 Å². The third-order valence-electron chi connectivity index (χ3n) is 4.28. The summed E-state index contributed by atoms with van der Waals surface area (Å²) in [5.41, 5.74) is 3.02. The van der Waals surface area contributed by atoms with Crippen LogP contribution in [0.3, 0.4) is 0 Å². The molecule has 0 saturated carbocycles. The number of imidazole rings is 1. The molecule has 3 aromatic heterocycles. The SMILES string of the molecule is O=C(O)c1ccc(CNC(=O)c2cnc3nc(Cc4ccncn4)cn3c2)cc1. The average molecular weight is 388 g/mol. The molecule has 0 atom stereocenters. The molecule has 3 heterocycles. The number of nitrogens with zero attached hydrogens (tertiary/aromatic N) is 5. The minimum absolute atomic E-state index is 0.201. The van der Waals surface area contributed by atoms with Gasteiger partial charge in [0.2, 0.25) is 5.78 Å². The fourth-order valence-electron chi connectivity index (χ4n) is 2.79. The van der Waals surface area contributed by atoms with Crippen molar-refractivity contribution >= 4 is 17.7 Å². The molecule has 0 unspecified atom stereocenters. The number of carbonyl (C=O) groups excluding carboxylic acids is 1. The number of amides is 1. The number of aromatic nitrogens is 5. The summed E-state index contributed by atoms with van der Waals surface area (Å²) in [6.07, 6.45) is 8.65. The van der Waals surface area contributed by atoms with Gasteiger partial charge >= 0.3 is 5.97 Å². The van der Waals surface area contributed by atoms with E-state index in [1.165, 1.54) is 24.7 Å². The molecule has 9 heteroatoms. The van der Waals surface area contributed by atoms with Gasteiger partial charge in [-0.15, -0.1) is 0 Å². The minimum Gasteiger partial charge on any atom is -0.478 e. The van der Waals surface area contributed by atoms with Crippen LogP contribution in [-0.2, 0) is 13.0 Å². The highest BCUT2D eigenvalue weighted by atomic mass is 16.4. The summed E-state index contributed by atoms with van der Waals surface area (Å²) in [5.74, 6) is -0.776. The molecular formula is C20H16N6O3. The Kier molecular flexibility index (Phi) is 4.93. The highest BCUT2D eigenvalue weighted by Gasteiger charge is 2.10. The number of rotatable bonds is 6. The number of carboxylic acids is 1. The zero-order valence-electron chi connectivity index (χ0n) is 15.2. The first-order valence-corrected chi connectivity index (χ1v) is 8.77. The Labute approximate surface area is 165 Å². The highest BCUT2D eigenvalue weighted by Crippen LogP contribution is 2.09. The first-order chi connectivity index (χ1) is 14.1. The van der Waals surface area contributed by atoms with Crippen molar-refractivity contribution in [3.8, 4) is 0 Å². The van der Waals surface area contributed by atoms with Gasteiger partial charge in [0.15, 0.2) is 0 Å². The molecule has 0 fully saturated rings. The molecule has 1 aromatic carbocycles. The van der Waals surface area contributed by atoms with Crippen LogP contribution in [0.4, 0.5) is 0 Å². The lowest BCUT2D eigenvalue weighted by atomic mass is 10.1. The van der Waals surface area contributed by atoms with Gasteiger partial charge in [-0.1, -0.05) is 12.1 Å². The monoisotopic (exact) mass is 388 g/mol. The summed E-state index contributed by atoms with van der Waals surface area (Å²) in [4.78, 5) is 40.1. The fraction of sp³-hybridized carbons (Fsp3) is 0.100. The van der Waals surface area contributed by atoms with Crippen LogP contribution in [0.25, 0.3) is 5.78 Å². The molecule has 4 aromatic rings. The van der Waals surface area contributed by atoms with E-state index in [0.717, 1.165) is 17.0 Å². The molecule has 0 saturated heterocycles. The zero-order chi connectivity index (χ0) is 20.2. The van der Waals surface area contributed by atoms with Crippen LogP contribution in [0, 0.1) is 0 Å². The van der Waals surface area contributed by atoms with Crippen molar-refractivity contribution in [2.45, 2.75) is 13.0 Å². The van der Waals surface area contributed by atoms with Crippen molar-refractivity contribution in [1.82, 2.24) is 29.7 Å². The predicted octanol–water partition coefficient (Wildman–Crippen LogP) is 1.74. The van der Waals surface area contributed by atoms with Gasteiger partial charge < -0.3 is 10.4 Å². The van der Waals surface area contributed by atoms with E-state index in [2.05, 4.69) is 25.3 Å². The smallest absolute Gasteiger partial charge is 0.335 e. The molecule has 144 valence electrons. The first-order valence-electron chi connectivity index (χ1n) is 8.77. The summed E-state index contributed by atoms with van der Waals surface area (Å²) in [6.45, 7) is 0.277. The second-order valence-corrected chi connectivity index (χ2v) is 6.34. The number of aromatic carboxylic acids is 1. The van der Waals surface area contributed by atoms with E-state index in [1.807, 2.05) is 12.3 Å². The number of carbonyl (C=O) groups is 2. The van der Waals surface area contributed by atoms with Gasteiger partial charge in [0.25, 0.3) is 5.91 Å². The van der Waals surface area contributed by atoms with Gasteiger partial charge in [-0.25, -0.2) is 24.7 Å². The number of benzene rings is 1. The predicted molar refractivity (Wildman–Crippen MR) is 102 cm³/mol. The summed E-state index contributed by atoms with van der Waals surface area (Å²) in [7, 11) is 0. The summed E-state index contributed by atoms with van der Waals surface area (Å²) in [5, 5.41) is 11.7. The molecule has 0 spiro atoms. The van der Waals surface area contributed by atoms with Gasteiger partial charge in [-0.2, -0.15) is 0 Å². The Balaban J connectivity index is 1.44. The second kappa shape index (κ2) is 7.85. The van der Waals surface area contributed by atoms with Crippen molar-refractivity contribution in [3.05, 3.63) is 89.5 Å². The molecule has 9 nitrogen and oxygen atoms in total. The molecule has 2 N–H and O–H groups in total. The Morgan fingerprint density at radius 2 is 1.83 bits per heavy atom. The average Bonchev–Trinajstić information content (AvgIpc) is 3.14. The number of fused-ring (bicyclic) bond motifs is 1. The summed E-state index contributed by atoms with van der Waals surface area (Å²) < 4.78 is 1.70. The van der Waals surface area contributed by atoms with E-state index < -0.39 is 5.97 Å². The number of hydrogen-bond donors (Lipinski definition) is 2. The minimum atomic E-state index is -0.987. The van der Waals surface area contributed by atoms with Crippen LogP contribution >= 0.6 is 0 Å². The Morgan fingerprint density at radius 1 is 1.00 bits per heavy atom. The van der Waals surface area contributed by atoms with Crippen molar-refractivity contribution < 1.29 is 14.7 Å². The molecule has 29 heavy (non-hydrogen) atoms. The molecule has 0 aliphatic carbocycles. The fourth-order valence-corrected chi connectivity index (χ4v) is 2.79. The van der Waals surface area contributed by atoms with E-state index in [4.69, 9.17) is 5.11 Å². The van der Waals surface area contributed by atoms with Crippen molar-refractivity contribution in [1.29, 1.82) is 0 Å². The third-order valence-corrected chi connectivity index (χ3v) is 4.28.